The van der Waals surface area contributed by atoms with Gasteiger partial charge in [-0.25, -0.2) is 0 Å². The Bertz CT molecular complexity index is 774. The van der Waals surface area contributed by atoms with Crippen molar-refractivity contribution in [3.05, 3.63) is 54.1 Å². The molecule has 28 heavy (non-hydrogen) atoms. The van der Waals surface area contributed by atoms with Gasteiger partial charge in [-0.1, -0.05) is 18.2 Å². The number of nitrogens with one attached hydrogen (secondary N) is 1. The number of rotatable bonds is 7. The third-order valence-electron chi connectivity index (χ3n) is 5.29. The highest BCUT2D eigenvalue weighted by Gasteiger charge is 2.24. The molecule has 1 N–H and O–H groups in total. The van der Waals surface area contributed by atoms with Crippen LogP contribution >= 0.6 is 11.8 Å². The zero-order valence-corrected chi connectivity index (χ0v) is 17.8. The Balaban J connectivity index is 1.47. The molecule has 1 aliphatic rings. The molecule has 5 nitrogen and oxygen atoms in total. The lowest BCUT2D eigenvalue weighted by Crippen LogP contribution is -3.15. The molecular formula is C22H30N3O2S+. The van der Waals surface area contributed by atoms with Gasteiger partial charge in [-0.15, -0.1) is 11.8 Å². The van der Waals surface area contributed by atoms with Gasteiger partial charge in [-0.05, 0) is 36.1 Å². The second-order valence-electron chi connectivity index (χ2n) is 7.21. The van der Waals surface area contributed by atoms with Crippen LogP contribution in [0.1, 0.15) is 5.56 Å². The summed E-state index contributed by atoms with van der Waals surface area (Å²) in [4.78, 5) is 19.5. The standard InChI is InChI=1S/C22H29N3O2S/c1-23(16-18-7-9-21(28-3)10-8-18)22(26)17-24-11-13-25(14-12-24)19-5-4-6-20(15-19)27-2/h4-10,15H,11-14,16-17H2,1-3H3/p+1. The lowest BCUT2D eigenvalue weighted by molar-refractivity contribution is -0.892. The van der Waals surface area contributed by atoms with Crippen molar-refractivity contribution >= 4 is 23.4 Å². The minimum Gasteiger partial charge on any atom is -0.497 e. The second-order valence-corrected chi connectivity index (χ2v) is 8.09. The molecule has 0 aromatic heterocycles. The fourth-order valence-electron chi connectivity index (χ4n) is 3.51. The van der Waals surface area contributed by atoms with E-state index < -0.39 is 0 Å². The van der Waals surface area contributed by atoms with E-state index in [0.717, 1.165) is 31.9 Å². The number of hydrogen-bond acceptors (Lipinski definition) is 4. The summed E-state index contributed by atoms with van der Waals surface area (Å²) >= 11 is 1.73. The van der Waals surface area contributed by atoms with Crippen LogP contribution in [0.5, 0.6) is 5.75 Å². The summed E-state index contributed by atoms with van der Waals surface area (Å²) in [6.07, 6.45) is 2.07. The number of carbonyl (C=O) groups excluding carboxylic acids is 1. The summed E-state index contributed by atoms with van der Waals surface area (Å²) < 4.78 is 5.32. The zero-order valence-electron chi connectivity index (χ0n) is 17.0. The van der Waals surface area contributed by atoms with E-state index in [2.05, 4.69) is 47.6 Å². The Morgan fingerprint density at radius 3 is 2.54 bits per heavy atom. The molecule has 1 aliphatic heterocycles. The largest absolute Gasteiger partial charge is 0.497 e. The monoisotopic (exact) mass is 400 g/mol. The van der Waals surface area contributed by atoms with E-state index in [0.29, 0.717) is 13.1 Å². The van der Waals surface area contributed by atoms with Crippen LogP contribution in [0.4, 0.5) is 5.69 Å². The van der Waals surface area contributed by atoms with Crippen molar-refractivity contribution in [3.8, 4) is 5.75 Å². The van der Waals surface area contributed by atoms with E-state index in [9.17, 15) is 4.79 Å². The van der Waals surface area contributed by atoms with Crippen molar-refractivity contribution in [3.63, 3.8) is 0 Å². The number of likely N-dealkylation sites (N-methyl/N-ethyl adjacent to an activating group) is 1. The first kappa shape index (κ1) is 20.6. The molecule has 0 saturated carbocycles. The number of anilines is 1. The molecule has 2 aromatic rings. The third-order valence-corrected chi connectivity index (χ3v) is 6.04. The predicted molar refractivity (Wildman–Crippen MR) is 115 cm³/mol. The van der Waals surface area contributed by atoms with Crippen LogP contribution in [0, 0.1) is 0 Å². The Labute approximate surface area is 172 Å². The fraction of sp³-hybridized carbons (Fsp3) is 0.409. The molecule has 2 aromatic carbocycles. The third kappa shape index (κ3) is 5.42. The van der Waals surface area contributed by atoms with Gasteiger partial charge in [0.2, 0.25) is 0 Å². The maximum absolute atomic E-state index is 12.6. The molecule has 0 spiro atoms. The van der Waals surface area contributed by atoms with Crippen LogP contribution < -0.4 is 14.5 Å². The number of carbonyl (C=O) groups is 1. The number of benzene rings is 2. The average molecular weight is 401 g/mol. The molecule has 0 atom stereocenters. The van der Waals surface area contributed by atoms with Crippen molar-refractivity contribution < 1.29 is 14.4 Å². The molecule has 0 radical (unpaired) electrons. The molecule has 150 valence electrons. The summed E-state index contributed by atoms with van der Waals surface area (Å²) in [5, 5.41) is 0. The van der Waals surface area contributed by atoms with Gasteiger partial charge in [0.05, 0.1) is 33.3 Å². The van der Waals surface area contributed by atoms with Gasteiger partial charge in [0, 0.05) is 30.2 Å². The molecule has 1 fully saturated rings. The highest BCUT2D eigenvalue weighted by Crippen LogP contribution is 2.20. The Morgan fingerprint density at radius 2 is 1.89 bits per heavy atom. The van der Waals surface area contributed by atoms with E-state index in [1.54, 1.807) is 18.9 Å². The van der Waals surface area contributed by atoms with E-state index in [-0.39, 0.29) is 5.91 Å². The van der Waals surface area contributed by atoms with Gasteiger partial charge in [0.1, 0.15) is 5.75 Å². The molecule has 1 heterocycles. The highest BCUT2D eigenvalue weighted by atomic mass is 32.2. The lowest BCUT2D eigenvalue weighted by Gasteiger charge is -2.34. The van der Waals surface area contributed by atoms with Crippen molar-refractivity contribution in [2.45, 2.75) is 11.4 Å². The van der Waals surface area contributed by atoms with Gasteiger partial charge < -0.3 is 19.4 Å². The number of thioether (sulfide) groups is 1. The van der Waals surface area contributed by atoms with Gasteiger partial charge in [0.15, 0.2) is 6.54 Å². The number of nitrogens with zero attached hydrogens (tertiary/aromatic N) is 2. The molecule has 0 aliphatic carbocycles. The summed E-state index contributed by atoms with van der Waals surface area (Å²) in [5.74, 6) is 1.09. The smallest absolute Gasteiger partial charge is 0.277 e. The molecule has 0 unspecified atom stereocenters. The van der Waals surface area contributed by atoms with Gasteiger partial charge in [-0.3, -0.25) is 4.79 Å². The van der Waals surface area contributed by atoms with E-state index in [1.807, 2.05) is 24.1 Å². The number of hydrogen-bond donors (Lipinski definition) is 1. The maximum atomic E-state index is 12.6. The first-order valence-electron chi connectivity index (χ1n) is 9.68. The molecule has 3 rings (SSSR count). The second kappa shape index (κ2) is 9.85. The molecule has 1 saturated heterocycles. The van der Waals surface area contributed by atoms with Crippen molar-refractivity contribution in [2.75, 3.05) is 58.0 Å². The first-order chi connectivity index (χ1) is 13.6. The van der Waals surface area contributed by atoms with Gasteiger partial charge in [-0.2, -0.15) is 0 Å². The van der Waals surface area contributed by atoms with Crippen LogP contribution in [0.15, 0.2) is 53.4 Å². The van der Waals surface area contributed by atoms with Gasteiger partial charge in [0.25, 0.3) is 5.91 Å². The quantitative estimate of drug-likeness (QED) is 0.719. The van der Waals surface area contributed by atoms with Crippen molar-refractivity contribution in [1.29, 1.82) is 0 Å². The van der Waals surface area contributed by atoms with Crippen LogP contribution in [-0.4, -0.2) is 63.9 Å². The number of quaternary nitrogens is 1. The van der Waals surface area contributed by atoms with E-state index >= 15 is 0 Å². The minimum absolute atomic E-state index is 0.207. The molecule has 6 heteroatoms. The maximum Gasteiger partial charge on any atom is 0.277 e. The number of ether oxygens (including phenoxy) is 1. The van der Waals surface area contributed by atoms with Gasteiger partial charge >= 0.3 is 0 Å². The van der Waals surface area contributed by atoms with E-state index in [1.165, 1.54) is 21.0 Å². The SMILES string of the molecule is COc1cccc(N2CC[NH+](CC(=O)N(C)Cc3ccc(SC)cc3)CC2)c1. The lowest BCUT2D eigenvalue weighted by atomic mass is 10.2. The Morgan fingerprint density at radius 1 is 1.18 bits per heavy atom. The van der Waals surface area contributed by atoms with Crippen LogP contribution in [0.3, 0.4) is 0 Å². The number of piperazine rings is 1. The van der Waals surface area contributed by atoms with E-state index in [4.69, 9.17) is 4.74 Å². The van der Waals surface area contributed by atoms with Crippen LogP contribution in [0.25, 0.3) is 0 Å². The molecule has 0 bridgehead atoms. The average Bonchev–Trinajstić information content (AvgIpc) is 2.74. The summed E-state index contributed by atoms with van der Waals surface area (Å²) in [5.41, 5.74) is 2.36. The number of amides is 1. The van der Waals surface area contributed by atoms with Crippen molar-refractivity contribution in [1.82, 2.24) is 4.90 Å². The molecule has 1 amide bonds. The van der Waals surface area contributed by atoms with Crippen LogP contribution in [-0.2, 0) is 11.3 Å². The van der Waals surface area contributed by atoms with Crippen molar-refractivity contribution in [2.24, 2.45) is 0 Å². The normalized spacial score (nSPS) is 14.8. The zero-order chi connectivity index (χ0) is 19.9. The summed E-state index contributed by atoms with van der Waals surface area (Å²) in [7, 11) is 3.59. The highest BCUT2D eigenvalue weighted by molar-refractivity contribution is 7.98. The number of methoxy groups -OCH3 is 1. The summed E-state index contributed by atoms with van der Waals surface area (Å²) in [6.45, 7) is 5.08. The Kier molecular flexibility index (Phi) is 7.23. The first-order valence-corrected chi connectivity index (χ1v) is 10.9. The van der Waals surface area contributed by atoms with Crippen LogP contribution in [0.2, 0.25) is 0 Å². The predicted octanol–water partition coefficient (Wildman–Crippen LogP) is 1.78. The Hall–Kier alpha value is -2.18. The minimum atomic E-state index is 0.207. The fourth-order valence-corrected chi connectivity index (χ4v) is 3.92. The molecular weight excluding hydrogens is 370 g/mol. The topological polar surface area (TPSA) is 37.2 Å². The summed E-state index contributed by atoms with van der Waals surface area (Å²) in [6, 6.07) is 16.6.